The predicted octanol–water partition coefficient (Wildman–Crippen LogP) is 1.63. The molecule has 0 aromatic rings. The molecule has 4 heteroatoms. The monoisotopic (exact) mass is 256 g/mol. The summed E-state index contributed by atoms with van der Waals surface area (Å²) in [6.45, 7) is 9.00. The smallest absolute Gasteiger partial charge is 0.326 e. The van der Waals surface area contributed by atoms with Gasteiger partial charge in [-0.25, -0.2) is 0 Å². The summed E-state index contributed by atoms with van der Waals surface area (Å²) in [5.41, 5.74) is 5.13. The first-order valence-corrected chi connectivity index (χ1v) is 6.96. The van der Waals surface area contributed by atoms with Crippen molar-refractivity contribution >= 4 is 5.97 Å². The van der Waals surface area contributed by atoms with Gasteiger partial charge in [0.05, 0.1) is 7.11 Å². The maximum Gasteiger partial charge on any atom is 0.326 e. The van der Waals surface area contributed by atoms with Crippen LogP contribution in [0.25, 0.3) is 0 Å². The lowest BCUT2D eigenvalue weighted by atomic mass is 9.89. The van der Waals surface area contributed by atoms with Crippen LogP contribution >= 0.6 is 0 Å². The Balaban J connectivity index is 2.51. The fraction of sp³-hybridized carbons (Fsp3) is 0.929. The van der Waals surface area contributed by atoms with Crippen molar-refractivity contribution in [3.63, 3.8) is 0 Å². The molecule has 1 heterocycles. The molecular weight excluding hydrogens is 228 g/mol. The summed E-state index contributed by atoms with van der Waals surface area (Å²) in [5.74, 6) is 1.22. The zero-order valence-corrected chi connectivity index (χ0v) is 12.2. The van der Waals surface area contributed by atoms with Crippen LogP contribution in [-0.2, 0) is 9.53 Å². The average Bonchev–Trinajstić information content (AvgIpc) is 2.53. The number of rotatable bonds is 4. The molecule has 106 valence electrons. The highest BCUT2D eigenvalue weighted by Gasteiger charge is 2.32. The maximum absolute atomic E-state index is 11.6. The first kappa shape index (κ1) is 15.4. The number of carbonyl (C=O) groups excluding carboxylic acids is 1. The summed E-state index contributed by atoms with van der Waals surface area (Å²) in [6, 6.07) is 0. The molecule has 1 aliphatic rings. The van der Waals surface area contributed by atoms with Crippen LogP contribution in [0.1, 0.15) is 40.0 Å². The molecule has 4 nitrogen and oxygen atoms in total. The van der Waals surface area contributed by atoms with Crippen LogP contribution in [0, 0.1) is 11.8 Å². The average molecular weight is 256 g/mol. The predicted molar refractivity (Wildman–Crippen MR) is 73.2 cm³/mol. The molecule has 0 bridgehead atoms. The van der Waals surface area contributed by atoms with Gasteiger partial charge in [0.1, 0.15) is 5.54 Å². The molecule has 18 heavy (non-hydrogen) atoms. The van der Waals surface area contributed by atoms with Crippen molar-refractivity contribution in [2.45, 2.75) is 45.6 Å². The molecule has 0 spiro atoms. The van der Waals surface area contributed by atoms with Crippen molar-refractivity contribution in [3.8, 4) is 0 Å². The Kier molecular flexibility index (Phi) is 5.60. The van der Waals surface area contributed by atoms with Crippen LogP contribution in [-0.4, -0.2) is 43.2 Å². The number of methoxy groups -OCH3 is 1. The molecule has 0 amide bonds. The second-order valence-corrected chi connectivity index (χ2v) is 6.12. The minimum absolute atomic E-state index is 0.327. The minimum atomic E-state index is -0.896. The van der Waals surface area contributed by atoms with E-state index < -0.39 is 5.54 Å². The Morgan fingerprint density at radius 1 is 1.44 bits per heavy atom. The number of hydrogen-bond acceptors (Lipinski definition) is 4. The van der Waals surface area contributed by atoms with E-state index in [1.165, 1.54) is 26.4 Å². The van der Waals surface area contributed by atoms with Gasteiger partial charge in [-0.3, -0.25) is 4.79 Å². The van der Waals surface area contributed by atoms with Gasteiger partial charge in [-0.2, -0.15) is 0 Å². The number of nitrogens with two attached hydrogens (primary N) is 1. The van der Waals surface area contributed by atoms with E-state index in [0.29, 0.717) is 6.54 Å². The van der Waals surface area contributed by atoms with Crippen LogP contribution in [0.4, 0.5) is 0 Å². The number of esters is 1. The lowest BCUT2D eigenvalue weighted by molar-refractivity contribution is -0.147. The molecule has 0 aromatic heterocycles. The van der Waals surface area contributed by atoms with E-state index in [1.54, 1.807) is 6.92 Å². The first-order valence-electron chi connectivity index (χ1n) is 6.96. The Hall–Kier alpha value is -0.610. The van der Waals surface area contributed by atoms with Crippen molar-refractivity contribution in [2.24, 2.45) is 17.6 Å². The molecule has 2 N–H and O–H groups in total. The zero-order valence-electron chi connectivity index (χ0n) is 12.2. The molecule has 1 aliphatic heterocycles. The van der Waals surface area contributed by atoms with Crippen LogP contribution in [0.5, 0.6) is 0 Å². The Morgan fingerprint density at radius 2 is 2.11 bits per heavy atom. The number of nitrogens with zero attached hydrogens (tertiary/aromatic N) is 1. The molecule has 0 saturated carbocycles. The molecule has 0 aromatic carbocycles. The third-order valence-corrected chi connectivity index (χ3v) is 4.01. The Bertz CT molecular complexity index is 277. The summed E-state index contributed by atoms with van der Waals surface area (Å²) in [4.78, 5) is 13.9. The van der Waals surface area contributed by atoms with E-state index >= 15 is 0 Å². The van der Waals surface area contributed by atoms with Gasteiger partial charge in [0.2, 0.25) is 0 Å². The minimum Gasteiger partial charge on any atom is -0.468 e. The quantitative estimate of drug-likeness (QED) is 0.777. The van der Waals surface area contributed by atoms with Gasteiger partial charge in [0.25, 0.3) is 0 Å². The summed E-state index contributed by atoms with van der Waals surface area (Å²) < 4.78 is 4.76. The molecular formula is C14H28N2O2. The largest absolute Gasteiger partial charge is 0.468 e. The van der Waals surface area contributed by atoms with Gasteiger partial charge >= 0.3 is 5.97 Å². The number of hydrogen-bond donors (Lipinski definition) is 1. The van der Waals surface area contributed by atoms with E-state index in [0.717, 1.165) is 24.9 Å². The molecule has 1 rings (SSSR count). The summed E-state index contributed by atoms with van der Waals surface area (Å²) in [5, 5.41) is 0. The summed E-state index contributed by atoms with van der Waals surface area (Å²) in [6.07, 6.45) is 3.68. The van der Waals surface area contributed by atoms with Crippen LogP contribution in [0.15, 0.2) is 0 Å². The van der Waals surface area contributed by atoms with Crippen LogP contribution in [0.2, 0.25) is 0 Å². The van der Waals surface area contributed by atoms with Crippen LogP contribution in [0.3, 0.4) is 0 Å². The summed E-state index contributed by atoms with van der Waals surface area (Å²) >= 11 is 0. The number of likely N-dealkylation sites (tertiary alicyclic amines) is 1. The third kappa shape index (κ3) is 4.25. The maximum atomic E-state index is 11.6. The van der Waals surface area contributed by atoms with E-state index in [1.807, 2.05) is 0 Å². The van der Waals surface area contributed by atoms with Gasteiger partial charge in [0, 0.05) is 6.54 Å². The molecule has 1 fully saturated rings. The van der Waals surface area contributed by atoms with Gasteiger partial charge in [0.15, 0.2) is 0 Å². The Labute approximate surface area is 111 Å². The zero-order chi connectivity index (χ0) is 13.8. The van der Waals surface area contributed by atoms with Crippen molar-refractivity contribution in [1.29, 1.82) is 0 Å². The van der Waals surface area contributed by atoms with Gasteiger partial charge < -0.3 is 15.4 Å². The van der Waals surface area contributed by atoms with Crippen molar-refractivity contribution in [3.05, 3.63) is 0 Å². The fourth-order valence-corrected chi connectivity index (χ4v) is 2.77. The standard InChI is InChI=1S/C14H28N2O2/c1-11(2)12-6-5-8-16(9-7-12)10-14(3,15)13(17)18-4/h11-12H,5-10,15H2,1-4H3. The molecule has 0 radical (unpaired) electrons. The third-order valence-electron chi connectivity index (χ3n) is 4.01. The Morgan fingerprint density at radius 3 is 2.67 bits per heavy atom. The van der Waals surface area contributed by atoms with E-state index in [2.05, 4.69) is 18.7 Å². The van der Waals surface area contributed by atoms with Crippen LogP contribution < -0.4 is 5.73 Å². The topological polar surface area (TPSA) is 55.6 Å². The lowest BCUT2D eigenvalue weighted by Crippen LogP contribution is -2.54. The van der Waals surface area contributed by atoms with Gasteiger partial charge in [-0.05, 0) is 51.1 Å². The van der Waals surface area contributed by atoms with Gasteiger partial charge in [-0.15, -0.1) is 0 Å². The highest BCUT2D eigenvalue weighted by molar-refractivity contribution is 5.80. The van der Waals surface area contributed by atoms with Crippen molar-refractivity contribution < 1.29 is 9.53 Å². The second kappa shape index (κ2) is 6.53. The molecule has 2 unspecified atom stereocenters. The van der Waals surface area contributed by atoms with E-state index in [-0.39, 0.29) is 5.97 Å². The molecule has 1 saturated heterocycles. The molecule has 2 atom stereocenters. The highest BCUT2D eigenvalue weighted by atomic mass is 16.5. The number of ether oxygens (including phenoxy) is 1. The van der Waals surface area contributed by atoms with E-state index in [4.69, 9.17) is 10.5 Å². The second-order valence-electron chi connectivity index (χ2n) is 6.12. The SMILES string of the molecule is COC(=O)C(C)(N)CN1CCCC(C(C)C)CC1. The van der Waals surface area contributed by atoms with Gasteiger partial charge in [-0.1, -0.05) is 13.8 Å². The van der Waals surface area contributed by atoms with E-state index in [9.17, 15) is 4.79 Å². The van der Waals surface area contributed by atoms with Crippen molar-refractivity contribution in [2.75, 3.05) is 26.7 Å². The highest BCUT2D eigenvalue weighted by Crippen LogP contribution is 2.25. The summed E-state index contributed by atoms with van der Waals surface area (Å²) in [7, 11) is 1.39. The fourth-order valence-electron chi connectivity index (χ4n) is 2.77. The first-order chi connectivity index (χ1) is 8.36. The lowest BCUT2D eigenvalue weighted by Gasteiger charge is -2.29. The number of carbonyl (C=O) groups is 1. The van der Waals surface area contributed by atoms with Crippen molar-refractivity contribution in [1.82, 2.24) is 4.90 Å². The normalized spacial score (nSPS) is 25.6. The molecule has 0 aliphatic carbocycles.